The molecule has 2 nitrogen and oxygen atoms in total. The summed E-state index contributed by atoms with van der Waals surface area (Å²) in [5, 5.41) is 0. The molecule has 7 heavy (non-hydrogen) atoms. The van der Waals surface area contributed by atoms with Gasteiger partial charge in [-0.05, 0) is 6.92 Å². The molecule has 0 unspecified atom stereocenters. The summed E-state index contributed by atoms with van der Waals surface area (Å²) in [6.07, 6.45) is 1.83. The second kappa shape index (κ2) is 2.30. The quantitative estimate of drug-likeness (QED) is 0.544. The molecule has 0 aliphatic carbocycles. The molecular formula is C4H5IN2. The molecule has 0 spiro atoms. The van der Waals surface area contributed by atoms with Gasteiger partial charge in [-0.1, -0.05) is 0 Å². The molecule has 0 bridgehead atoms. The van der Waals surface area contributed by atoms with Crippen LogP contribution in [0.3, 0.4) is 0 Å². The lowest BCUT2D eigenvalue weighted by atomic mass is 10.7. The summed E-state index contributed by atoms with van der Waals surface area (Å²) >= 11 is -0.0119. The van der Waals surface area contributed by atoms with E-state index in [0.717, 1.165) is 5.84 Å². The van der Waals surface area contributed by atoms with Crippen LogP contribution in [0, 0.1) is 0 Å². The topological polar surface area (TPSA) is 24.7 Å². The van der Waals surface area contributed by atoms with E-state index in [-0.39, 0.29) is 21.0 Å². The Kier molecular flexibility index (Phi) is 1.67. The fourth-order valence-corrected chi connectivity index (χ4v) is 1.27. The zero-order valence-corrected chi connectivity index (χ0v) is 6.08. The summed E-state index contributed by atoms with van der Waals surface area (Å²) in [6, 6.07) is 0. The summed E-state index contributed by atoms with van der Waals surface area (Å²) in [4.78, 5) is 3.93. The van der Waals surface area contributed by atoms with Crippen molar-refractivity contribution in [2.75, 3.05) is 0 Å². The molecular weight excluding hydrogens is 203 g/mol. The Morgan fingerprint density at radius 3 is 2.86 bits per heavy atom. The van der Waals surface area contributed by atoms with E-state index < -0.39 is 0 Å². The maximum absolute atomic E-state index is 4.10. The Labute approximate surface area is 52.5 Å². The van der Waals surface area contributed by atoms with Gasteiger partial charge >= 0.3 is 0 Å². The van der Waals surface area contributed by atoms with Gasteiger partial charge in [0.05, 0.1) is 0 Å². The number of aliphatic imine (C=N–C) groups is 1. The molecule has 0 N–H and O–H groups in total. The highest BCUT2D eigenvalue weighted by molar-refractivity contribution is 14.2. The van der Waals surface area contributed by atoms with Crippen molar-refractivity contribution >= 4 is 26.9 Å². The van der Waals surface area contributed by atoms with Crippen LogP contribution in [0.4, 0.5) is 0 Å². The predicted octanol–water partition coefficient (Wildman–Crippen LogP) is 2.04. The summed E-state index contributed by atoms with van der Waals surface area (Å²) in [5.41, 5.74) is 0. The Balaban J connectivity index is 2.82. The molecule has 0 saturated heterocycles. The first-order chi connectivity index (χ1) is 3.39. The highest BCUT2D eigenvalue weighted by Gasteiger charge is 1.82. The van der Waals surface area contributed by atoms with Crippen LogP contribution in [0.5, 0.6) is 0 Å². The summed E-state index contributed by atoms with van der Waals surface area (Å²) in [7, 11) is 0. The lowest BCUT2D eigenvalue weighted by Gasteiger charge is -1.87. The van der Waals surface area contributed by atoms with Gasteiger partial charge < -0.3 is 0 Å². The van der Waals surface area contributed by atoms with Gasteiger partial charge in [-0.15, -0.1) is 0 Å². The zero-order valence-electron chi connectivity index (χ0n) is 3.93. The maximum Gasteiger partial charge on any atom is 0.131 e. The smallest absolute Gasteiger partial charge is 0.131 e. The summed E-state index contributed by atoms with van der Waals surface area (Å²) < 4.78 is 6.14. The van der Waals surface area contributed by atoms with Crippen LogP contribution >= 0.6 is 21.0 Å². The van der Waals surface area contributed by atoms with Gasteiger partial charge in [-0.2, -0.15) is 0 Å². The van der Waals surface area contributed by atoms with Gasteiger partial charge in [-0.25, -0.2) is 8.14 Å². The van der Waals surface area contributed by atoms with E-state index in [2.05, 4.69) is 8.14 Å². The number of nitrogens with zero attached hydrogens (tertiary/aromatic N) is 2. The lowest BCUT2D eigenvalue weighted by molar-refractivity contribution is 1.49. The first-order valence-electron chi connectivity index (χ1n) is 1.93. The largest absolute Gasteiger partial charge is 0.241 e. The van der Waals surface area contributed by atoms with Crippen LogP contribution in [0.2, 0.25) is 0 Å². The molecule has 0 atom stereocenters. The molecule has 0 amide bonds. The number of hydrogen-bond acceptors (Lipinski definition) is 2. The van der Waals surface area contributed by atoms with Crippen molar-refractivity contribution in [3.8, 4) is 0 Å². The average Bonchev–Trinajstić information content (AvgIpc) is 1.69. The monoisotopic (exact) mass is 208 g/mol. The fraction of sp³-hybridized carbons (Fsp3) is 0.250. The van der Waals surface area contributed by atoms with Gasteiger partial charge in [0, 0.05) is 31.3 Å². The Hall–Kier alpha value is -0.0600. The molecule has 0 saturated carbocycles. The van der Waals surface area contributed by atoms with Crippen molar-refractivity contribution in [3.63, 3.8) is 0 Å². The molecule has 0 aromatic carbocycles. The van der Waals surface area contributed by atoms with Gasteiger partial charge in [0.25, 0.3) is 0 Å². The van der Waals surface area contributed by atoms with Crippen molar-refractivity contribution in [1.29, 1.82) is 0 Å². The van der Waals surface area contributed by atoms with Crippen LogP contribution in [0.1, 0.15) is 6.92 Å². The molecule has 38 valence electrons. The van der Waals surface area contributed by atoms with E-state index in [9.17, 15) is 0 Å². The molecule has 0 fully saturated rings. The fourth-order valence-electron chi connectivity index (χ4n) is 0.282. The Morgan fingerprint density at radius 1 is 1.71 bits per heavy atom. The second-order valence-corrected chi connectivity index (χ2v) is 2.89. The molecule has 1 aliphatic heterocycles. The number of hydrogen-bond donors (Lipinski definition) is 0. The van der Waals surface area contributed by atoms with E-state index in [0.29, 0.717) is 0 Å². The van der Waals surface area contributed by atoms with Crippen molar-refractivity contribution in [2.45, 2.75) is 6.92 Å². The normalized spacial score (nSPS) is 18.1. The van der Waals surface area contributed by atoms with Crippen LogP contribution in [-0.4, -0.2) is 5.84 Å². The third kappa shape index (κ3) is 1.46. The molecule has 1 heterocycles. The van der Waals surface area contributed by atoms with Crippen LogP contribution in [0.15, 0.2) is 18.4 Å². The van der Waals surface area contributed by atoms with E-state index in [1.807, 2.05) is 17.2 Å². The minimum absolute atomic E-state index is 0.0119. The van der Waals surface area contributed by atoms with E-state index in [1.54, 1.807) is 0 Å². The van der Waals surface area contributed by atoms with Crippen molar-refractivity contribution in [2.24, 2.45) is 8.14 Å². The maximum atomic E-state index is 4.10. The van der Waals surface area contributed by atoms with Crippen LogP contribution in [-0.2, 0) is 0 Å². The number of amidine groups is 1. The first kappa shape index (κ1) is 5.08. The Bertz CT molecular complexity index is 146. The molecule has 1 rings (SSSR count). The van der Waals surface area contributed by atoms with Crippen LogP contribution in [0.25, 0.3) is 0 Å². The SMILES string of the molecule is CC1=NC=CI=N1. The average molecular weight is 208 g/mol. The van der Waals surface area contributed by atoms with Crippen molar-refractivity contribution in [1.82, 2.24) is 0 Å². The minimum atomic E-state index is -0.0119. The third-order valence-corrected chi connectivity index (χ3v) is 2.17. The molecule has 0 radical (unpaired) electrons. The number of halogens is 1. The lowest BCUT2D eigenvalue weighted by Crippen LogP contribution is -1.79. The van der Waals surface area contributed by atoms with Gasteiger partial charge in [0.2, 0.25) is 0 Å². The van der Waals surface area contributed by atoms with Crippen molar-refractivity contribution in [3.05, 3.63) is 10.3 Å². The minimum Gasteiger partial charge on any atom is -0.241 e. The van der Waals surface area contributed by atoms with E-state index in [4.69, 9.17) is 0 Å². The van der Waals surface area contributed by atoms with Gasteiger partial charge in [0.15, 0.2) is 0 Å². The van der Waals surface area contributed by atoms with E-state index in [1.165, 1.54) is 0 Å². The van der Waals surface area contributed by atoms with E-state index >= 15 is 0 Å². The Morgan fingerprint density at radius 2 is 2.57 bits per heavy atom. The third-order valence-electron chi connectivity index (χ3n) is 0.545. The zero-order chi connectivity index (χ0) is 5.11. The summed E-state index contributed by atoms with van der Waals surface area (Å²) in [5.74, 6) is 0.926. The number of rotatable bonds is 0. The highest BCUT2D eigenvalue weighted by atomic mass is 127. The standard InChI is InChI=1S/C4H5IN2/c1-4-6-3-2-5-7-4/h2-3H,1H3. The van der Waals surface area contributed by atoms with Gasteiger partial charge in [-0.3, -0.25) is 0 Å². The van der Waals surface area contributed by atoms with Crippen LogP contribution < -0.4 is 0 Å². The molecule has 0 aromatic rings. The summed E-state index contributed by atoms with van der Waals surface area (Å²) in [6.45, 7) is 1.92. The second-order valence-electron chi connectivity index (χ2n) is 1.13. The molecule has 3 heteroatoms. The first-order valence-corrected chi connectivity index (χ1v) is 4.14. The van der Waals surface area contributed by atoms with Gasteiger partial charge in [0.1, 0.15) is 5.84 Å². The molecule has 0 aromatic heterocycles. The highest BCUT2D eigenvalue weighted by Crippen LogP contribution is 2.07. The van der Waals surface area contributed by atoms with Crippen molar-refractivity contribution < 1.29 is 0 Å². The predicted molar refractivity (Wildman–Crippen MR) is 38.7 cm³/mol. The molecule has 1 aliphatic rings.